The van der Waals surface area contributed by atoms with Crippen molar-refractivity contribution in [2.24, 2.45) is 11.7 Å². The van der Waals surface area contributed by atoms with Crippen molar-refractivity contribution in [2.75, 3.05) is 7.11 Å². The van der Waals surface area contributed by atoms with Crippen LogP contribution in [0.1, 0.15) is 31.2 Å². The SMILES string of the molecule is COc1ccc(Cl)cc1C1(N)CCCC(C(F)(F)F)C1. The summed E-state index contributed by atoms with van der Waals surface area (Å²) in [6.07, 6.45) is -3.28. The van der Waals surface area contributed by atoms with Crippen LogP contribution in [0.5, 0.6) is 5.75 Å². The molecule has 1 aromatic carbocycles. The summed E-state index contributed by atoms with van der Waals surface area (Å²) in [5.41, 5.74) is 5.78. The van der Waals surface area contributed by atoms with E-state index >= 15 is 0 Å². The van der Waals surface area contributed by atoms with Gasteiger partial charge in [0.2, 0.25) is 0 Å². The molecular weight excluding hydrogens is 291 g/mol. The van der Waals surface area contributed by atoms with Crippen LogP contribution in [0, 0.1) is 5.92 Å². The molecule has 2 unspecified atom stereocenters. The maximum Gasteiger partial charge on any atom is 0.391 e. The molecule has 0 spiro atoms. The first-order valence-corrected chi connectivity index (χ1v) is 6.84. The third kappa shape index (κ3) is 3.04. The molecule has 2 nitrogen and oxygen atoms in total. The Hall–Kier alpha value is -0.940. The third-order valence-electron chi connectivity index (χ3n) is 3.95. The van der Waals surface area contributed by atoms with Crippen LogP contribution in [0.25, 0.3) is 0 Å². The Morgan fingerprint density at radius 2 is 2.10 bits per heavy atom. The molecule has 0 bridgehead atoms. The van der Waals surface area contributed by atoms with E-state index in [9.17, 15) is 13.2 Å². The molecule has 112 valence electrons. The number of alkyl halides is 3. The first-order valence-electron chi connectivity index (χ1n) is 6.46. The predicted octanol–water partition coefficient (Wildman–Crippen LogP) is 4.26. The van der Waals surface area contributed by atoms with Crippen LogP contribution in [0.3, 0.4) is 0 Å². The number of halogens is 4. The first-order chi connectivity index (χ1) is 9.26. The van der Waals surface area contributed by atoms with Gasteiger partial charge in [-0.25, -0.2) is 0 Å². The van der Waals surface area contributed by atoms with Gasteiger partial charge in [-0.2, -0.15) is 13.2 Å². The largest absolute Gasteiger partial charge is 0.496 e. The Morgan fingerprint density at radius 3 is 2.70 bits per heavy atom. The van der Waals surface area contributed by atoms with Gasteiger partial charge in [0, 0.05) is 16.1 Å². The number of hydrogen-bond donors (Lipinski definition) is 1. The van der Waals surface area contributed by atoms with Gasteiger partial charge in [0.05, 0.1) is 13.0 Å². The van der Waals surface area contributed by atoms with Crippen LogP contribution in [0.15, 0.2) is 18.2 Å². The van der Waals surface area contributed by atoms with Gasteiger partial charge in [-0.3, -0.25) is 0 Å². The molecule has 2 N–H and O–H groups in total. The maximum absolute atomic E-state index is 12.9. The molecule has 0 aliphatic heterocycles. The van der Waals surface area contributed by atoms with Crippen molar-refractivity contribution in [3.8, 4) is 5.75 Å². The summed E-state index contributed by atoms with van der Waals surface area (Å²) in [4.78, 5) is 0. The minimum Gasteiger partial charge on any atom is -0.496 e. The fraction of sp³-hybridized carbons (Fsp3) is 0.571. The summed E-state index contributed by atoms with van der Waals surface area (Å²) < 4.78 is 44.1. The molecule has 20 heavy (non-hydrogen) atoms. The minimum atomic E-state index is -4.21. The van der Waals surface area contributed by atoms with E-state index in [2.05, 4.69) is 0 Å². The van der Waals surface area contributed by atoms with Crippen LogP contribution in [-0.4, -0.2) is 13.3 Å². The second-order valence-electron chi connectivity index (χ2n) is 5.34. The minimum absolute atomic E-state index is 0.130. The summed E-state index contributed by atoms with van der Waals surface area (Å²) in [6, 6.07) is 4.89. The molecule has 1 aromatic rings. The zero-order valence-electron chi connectivity index (χ0n) is 11.1. The van der Waals surface area contributed by atoms with E-state index in [4.69, 9.17) is 22.1 Å². The summed E-state index contributed by atoms with van der Waals surface area (Å²) in [5.74, 6) is -0.885. The van der Waals surface area contributed by atoms with Crippen molar-refractivity contribution < 1.29 is 17.9 Å². The van der Waals surface area contributed by atoms with E-state index in [1.54, 1.807) is 18.2 Å². The van der Waals surface area contributed by atoms with Gasteiger partial charge in [-0.1, -0.05) is 18.0 Å². The van der Waals surface area contributed by atoms with Gasteiger partial charge in [0.25, 0.3) is 0 Å². The van der Waals surface area contributed by atoms with Crippen LogP contribution < -0.4 is 10.5 Å². The van der Waals surface area contributed by atoms with Crippen LogP contribution in [0.2, 0.25) is 5.02 Å². The highest BCUT2D eigenvalue weighted by Crippen LogP contribution is 2.47. The van der Waals surface area contributed by atoms with Crippen molar-refractivity contribution in [3.63, 3.8) is 0 Å². The number of rotatable bonds is 2. The Balaban J connectivity index is 2.37. The lowest BCUT2D eigenvalue weighted by atomic mass is 9.72. The molecule has 2 rings (SSSR count). The van der Waals surface area contributed by atoms with E-state index in [0.717, 1.165) is 0 Å². The average molecular weight is 308 g/mol. The molecule has 2 atom stereocenters. The Morgan fingerprint density at radius 1 is 1.40 bits per heavy atom. The molecule has 0 aromatic heterocycles. The van der Waals surface area contributed by atoms with Crippen molar-refractivity contribution in [3.05, 3.63) is 28.8 Å². The molecule has 1 aliphatic rings. The van der Waals surface area contributed by atoms with Crippen molar-refractivity contribution in [1.82, 2.24) is 0 Å². The molecule has 6 heteroatoms. The van der Waals surface area contributed by atoms with Gasteiger partial charge in [0.15, 0.2) is 0 Å². The maximum atomic E-state index is 12.9. The second kappa shape index (κ2) is 5.45. The highest BCUT2D eigenvalue weighted by molar-refractivity contribution is 6.30. The molecule has 0 heterocycles. The molecule has 1 saturated carbocycles. The van der Waals surface area contributed by atoms with Gasteiger partial charge < -0.3 is 10.5 Å². The van der Waals surface area contributed by atoms with E-state index in [-0.39, 0.29) is 12.8 Å². The van der Waals surface area contributed by atoms with E-state index in [1.807, 2.05) is 0 Å². The average Bonchev–Trinajstić information content (AvgIpc) is 2.38. The molecule has 1 aliphatic carbocycles. The molecule has 0 amide bonds. The quantitative estimate of drug-likeness (QED) is 0.886. The van der Waals surface area contributed by atoms with Gasteiger partial charge in [0.1, 0.15) is 5.75 Å². The highest BCUT2D eigenvalue weighted by atomic mass is 35.5. The normalized spacial score (nSPS) is 27.4. The van der Waals surface area contributed by atoms with E-state index in [0.29, 0.717) is 29.2 Å². The molecule has 1 fully saturated rings. The monoisotopic (exact) mass is 307 g/mol. The van der Waals surface area contributed by atoms with Gasteiger partial charge in [-0.15, -0.1) is 0 Å². The first kappa shape index (κ1) is 15.4. The zero-order valence-corrected chi connectivity index (χ0v) is 11.9. The van der Waals surface area contributed by atoms with Crippen LogP contribution >= 0.6 is 11.6 Å². The third-order valence-corrected chi connectivity index (χ3v) is 4.18. The Labute approximate surface area is 121 Å². The summed E-state index contributed by atoms with van der Waals surface area (Å²) in [6.45, 7) is 0. The lowest BCUT2D eigenvalue weighted by Crippen LogP contribution is -2.45. The van der Waals surface area contributed by atoms with Crippen molar-refractivity contribution in [1.29, 1.82) is 0 Å². The van der Waals surface area contributed by atoms with E-state index < -0.39 is 17.6 Å². The molecule has 0 radical (unpaired) electrons. The van der Waals surface area contributed by atoms with E-state index in [1.165, 1.54) is 7.11 Å². The number of nitrogens with two attached hydrogens (primary N) is 1. The van der Waals surface area contributed by atoms with Crippen LogP contribution in [0.4, 0.5) is 13.2 Å². The summed E-state index contributed by atoms with van der Waals surface area (Å²) >= 11 is 5.95. The summed E-state index contributed by atoms with van der Waals surface area (Å²) in [5, 5.41) is 0.444. The molecular formula is C14H17ClF3NO. The number of hydrogen-bond acceptors (Lipinski definition) is 2. The van der Waals surface area contributed by atoms with Crippen LogP contribution in [-0.2, 0) is 5.54 Å². The number of methoxy groups -OCH3 is 1. The lowest BCUT2D eigenvalue weighted by Gasteiger charge is -2.39. The van der Waals surface area contributed by atoms with Crippen molar-refractivity contribution >= 4 is 11.6 Å². The standard InChI is InChI=1S/C14H17ClF3NO/c1-20-12-5-4-10(15)7-11(12)13(19)6-2-3-9(8-13)14(16,17)18/h4-5,7,9H,2-3,6,8,19H2,1H3. The fourth-order valence-electron chi connectivity index (χ4n) is 2.90. The fourth-order valence-corrected chi connectivity index (χ4v) is 3.07. The highest BCUT2D eigenvalue weighted by Gasteiger charge is 2.47. The lowest BCUT2D eigenvalue weighted by molar-refractivity contribution is -0.187. The van der Waals surface area contributed by atoms with Crippen molar-refractivity contribution in [2.45, 2.75) is 37.4 Å². The number of ether oxygens (including phenoxy) is 1. The zero-order chi connectivity index (χ0) is 15.0. The summed E-state index contributed by atoms with van der Waals surface area (Å²) in [7, 11) is 1.47. The smallest absolute Gasteiger partial charge is 0.391 e. The number of benzene rings is 1. The Bertz CT molecular complexity index is 492. The molecule has 0 saturated heterocycles. The Kier molecular flexibility index (Phi) is 4.21. The van der Waals surface area contributed by atoms with Gasteiger partial charge >= 0.3 is 6.18 Å². The predicted molar refractivity (Wildman–Crippen MR) is 71.9 cm³/mol. The second-order valence-corrected chi connectivity index (χ2v) is 5.77. The van der Waals surface area contributed by atoms with Gasteiger partial charge in [-0.05, 0) is 37.5 Å². The topological polar surface area (TPSA) is 35.2 Å².